The van der Waals surface area contributed by atoms with Crippen molar-refractivity contribution in [3.63, 3.8) is 0 Å². The maximum atomic E-state index is 3.74. The van der Waals surface area contributed by atoms with Crippen molar-refractivity contribution >= 4 is 43.6 Å². The summed E-state index contributed by atoms with van der Waals surface area (Å²) in [5, 5.41) is 2.05. The topological polar surface area (TPSA) is 0 Å². The van der Waals surface area contributed by atoms with Crippen LogP contribution in [-0.2, 0) is 6.42 Å². The van der Waals surface area contributed by atoms with Crippen LogP contribution in [-0.4, -0.2) is 16.4 Å². The Morgan fingerprint density at radius 1 is 0.810 bits per heavy atom. The van der Waals surface area contributed by atoms with Gasteiger partial charge >= 0.3 is 0 Å². The highest BCUT2D eigenvalue weighted by molar-refractivity contribution is 9.09. The molecule has 0 saturated heterocycles. The van der Waals surface area contributed by atoms with Gasteiger partial charge in [0, 0.05) is 15.6 Å². The van der Waals surface area contributed by atoms with Crippen LogP contribution in [0.25, 0.3) is 0 Å². The van der Waals surface area contributed by atoms with Gasteiger partial charge in [0.1, 0.15) is 0 Å². The summed E-state index contributed by atoms with van der Waals surface area (Å²) < 4.78 is 0. The molecule has 0 aliphatic carbocycles. The van der Waals surface area contributed by atoms with Gasteiger partial charge in [0.2, 0.25) is 0 Å². The van der Waals surface area contributed by atoms with Gasteiger partial charge in [-0.15, -0.1) is 11.8 Å². The Labute approximate surface area is 149 Å². The Hall–Kier alpha value is -0.250. The molecule has 21 heavy (non-hydrogen) atoms. The predicted octanol–water partition coefficient (Wildman–Crippen LogP) is 6.19. The highest BCUT2D eigenvalue weighted by Crippen LogP contribution is 2.34. The number of thioether (sulfide) groups is 1. The monoisotopic (exact) mass is 426 g/mol. The lowest BCUT2D eigenvalue weighted by molar-refractivity contribution is 0.377. The molecule has 0 aliphatic heterocycles. The van der Waals surface area contributed by atoms with E-state index in [9.17, 15) is 0 Å². The number of hydrogen-bond donors (Lipinski definition) is 0. The lowest BCUT2D eigenvalue weighted by Crippen LogP contribution is -2.28. The molecule has 2 aromatic carbocycles. The molecule has 0 saturated carbocycles. The van der Waals surface area contributed by atoms with E-state index in [-0.39, 0.29) is 5.41 Å². The molecule has 0 aromatic heterocycles. The van der Waals surface area contributed by atoms with Gasteiger partial charge in [0.25, 0.3) is 0 Å². The zero-order chi connectivity index (χ0) is 15.0. The number of rotatable bonds is 8. The van der Waals surface area contributed by atoms with Gasteiger partial charge in [0.05, 0.1) is 0 Å². The largest absolute Gasteiger partial charge is 0.126 e. The Morgan fingerprint density at radius 3 is 1.95 bits per heavy atom. The molecular weight excluding hydrogens is 408 g/mol. The van der Waals surface area contributed by atoms with Gasteiger partial charge in [-0.3, -0.25) is 0 Å². The van der Waals surface area contributed by atoms with Crippen LogP contribution in [0, 0.1) is 5.41 Å². The average molecular weight is 428 g/mol. The van der Waals surface area contributed by atoms with Gasteiger partial charge in [-0.2, -0.15) is 0 Å². The van der Waals surface area contributed by atoms with E-state index in [1.807, 2.05) is 11.8 Å². The molecule has 3 heteroatoms. The van der Waals surface area contributed by atoms with E-state index in [2.05, 4.69) is 92.5 Å². The molecular formula is C18H20Br2S. The molecule has 0 bridgehead atoms. The lowest BCUT2D eigenvalue weighted by Gasteiger charge is -2.30. The maximum Gasteiger partial charge on any atom is 0.00994 e. The van der Waals surface area contributed by atoms with E-state index in [1.54, 1.807) is 0 Å². The zero-order valence-electron chi connectivity index (χ0n) is 12.0. The SMILES string of the molecule is BrCC(CBr)(CCSc1ccccc1)Cc1ccccc1. The molecule has 2 aromatic rings. The summed E-state index contributed by atoms with van der Waals surface area (Å²) in [5.74, 6) is 1.15. The third-order valence-electron chi connectivity index (χ3n) is 3.63. The van der Waals surface area contributed by atoms with E-state index >= 15 is 0 Å². The van der Waals surface area contributed by atoms with Crippen molar-refractivity contribution < 1.29 is 0 Å². The molecule has 0 N–H and O–H groups in total. The van der Waals surface area contributed by atoms with Crippen LogP contribution in [0.15, 0.2) is 65.6 Å². The van der Waals surface area contributed by atoms with E-state index in [1.165, 1.54) is 16.9 Å². The van der Waals surface area contributed by atoms with Crippen LogP contribution >= 0.6 is 43.6 Å². The molecule has 0 unspecified atom stereocenters. The van der Waals surface area contributed by atoms with Crippen molar-refractivity contribution in [2.75, 3.05) is 16.4 Å². The Balaban J connectivity index is 1.94. The average Bonchev–Trinajstić information content (AvgIpc) is 2.56. The smallest absolute Gasteiger partial charge is 0.00994 e. The molecule has 0 atom stereocenters. The summed E-state index contributed by atoms with van der Waals surface area (Å²) in [5.41, 5.74) is 1.70. The van der Waals surface area contributed by atoms with E-state index in [4.69, 9.17) is 0 Å². The standard InChI is InChI=1S/C18H20Br2S/c19-14-18(15-20,13-16-7-3-1-4-8-16)11-12-21-17-9-5-2-6-10-17/h1-10H,11-15H2. The van der Waals surface area contributed by atoms with Gasteiger partial charge in [-0.05, 0) is 41.7 Å². The second kappa shape index (κ2) is 9.02. The highest BCUT2D eigenvalue weighted by Gasteiger charge is 2.27. The van der Waals surface area contributed by atoms with Crippen LogP contribution in [0.3, 0.4) is 0 Å². The minimum atomic E-state index is 0.281. The first-order chi connectivity index (χ1) is 10.3. The molecule has 0 heterocycles. The molecule has 0 radical (unpaired) electrons. The van der Waals surface area contributed by atoms with Crippen LogP contribution in [0.4, 0.5) is 0 Å². The van der Waals surface area contributed by atoms with Crippen molar-refractivity contribution in [1.82, 2.24) is 0 Å². The Bertz CT molecular complexity index is 509. The summed E-state index contributed by atoms with van der Waals surface area (Å²) in [4.78, 5) is 1.36. The lowest BCUT2D eigenvalue weighted by atomic mass is 9.83. The van der Waals surface area contributed by atoms with Crippen molar-refractivity contribution in [3.05, 3.63) is 66.2 Å². The molecule has 2 rings (SSSR count). The van der Waals surface area contributed by atoms with Gasteiger partial charge in [-0.1, -0.05) is 80.4 Å². The number of halogens is 2. The number of hydrogen-bond acceptors (Lipinski definition) is 1. The number of alkyl halides is 2. The van der Waals surface area contributed by atoms with E-state index in [0.717, 1.165) is 22.8 Å². The zero-order valence-corrected chi connectivity index (χ0v) is 16.0. The molecule has 0 amide bonds. The second-order valence-corrected chi connectivity index (χ2v) is 7.63. The molecule has 0 spiro atoms. The quantitative estimate of drug-likeness (QED) is 0.357. The highest BCUT2D eigenvalue weighted by atomic mass is 79.9. The summed E-state index contributed by atoms with van der Waals surface area (Å²) in [6.45, 7) is 0. The predicted molar refractivity (Wildman–Crippen MR) is 102 cm³/mol. The number of benzene rings is 2. The van der Waals surface area contributed by atoms with E-state index < -0.39 is 0 Å². The van der Waals surface area contributed by atoms with Crippen molar-refractivity contribution in [3.8, 4) is 0 Å². The van der Waals surface area contributed by atoms with Crippen LogP contribution in [0.2, 0.25) is 0 Å². The van der Waals surface area contributed by atoms with E-state index in [0.29, 0.717) is 0 Å². The van der Waals surface area contributed by atoms with Crippen LogP contribution in [0.1, 0.15) is 12.0 Å². The molecule has 112 valence electrons. The van der Waals surface area contributed by atoms with Gasteiger partial charge in [-0.25, -0.2) is 0 Å². The second-order valence-electron chi connectivity index (χ2n) is 5.34. The molecule has 0 nitrogen and oxygen atoms in total. The minimum absolute atomic E-state index is 0.281. The minimum Gasteiger partial charge on any atom is -0.126 e. The summed E-state index contributed by atoms with van der Waals surface area (Å²) in [6, 6.07) is 21.4. The van der Waals surface area contributed by atoms with Crippen molar-refractivity contribution in [2.24, 2.45) is 5.41 Å². The first kappa shape index (κ1) is 17.1. The van der Waals surface area contributed by atoms with Crippen LogP contribution < -0.4 is 0 Å². The Morgan fingerprint density at radius 2 is 1.38 bits per heavy atom. The van der Waals surface area contributed by atoms with Gasteiger partial charge < -0.3 is 0 Å². The third kappa shape index (κ3) is 5.46. The molecule has 0 fully saturated rings. The fraction of sp³-hybridized carbons (Fsp3) is 0.333. The third-order valence-corrected chi connectivity index (χ3v) is 7.03. The summed E-state index contributed by atoms with van der Waals surface area (Å²) >= 11 is 9.42. The summed E-state index contributed by atoms with van der Waals surface area (Å²) in [6.07, 6.45) is 2.30. The first-order valence-electron chi connectivity index (χ1n) is 7.12. The van der Waals surface area contributed by atoms with Gasteiger partial charge in [0.15, 0.2) is 0 Å². The molecule has 0 aliphatic rings. The Kier molecular flexibility index (Phi) is 7.35. The maximum absolute atomic E-state index is 3.74. The normalized spacial score (nSPS) is 11.5. The van der Waals surface area contributed by atoms with Crippen molar-refractivity contribution in [2.45, 2.75) is 17.7 Å². The first-order valence-corrected chi connectivity index (χ1v) is 10.3. The summed E-state index contributed by atoms with van der Waals surface area (Å²) in [7, 11) is 0. The fourth-order valence-electron chi connectivity index (χ4n) is 2.28. The van der Waals surface area contributed by atoms with Crippen molar-refractivity contribution in [1.29, 1.82) is 0 Å². The fourth-order valence-corrected chi connectivity index (χ4v) is 5.29. The van der Waals surface area contributed by atoms with Crippen LogP contribution in [0.5, 0.6) is 0 Å².